The van der Waals surface area contributed by atoms with E-state index in [9.17, 15) is 9.59 Å². The van der Waals surface area contributed by atoms with Gasteiger partial charge in [0.25, 0.3) is 0 Å². The van der Waals surface area contributed by atoms with Gasteiger partial charge in [0.15, 0.2) is 0 Å². The summed E-state index contributed by atoms with van der Waals surface area (Å²) in [5.74, 6) is -0.923. The molecule has 0 aromatic carbocycles. The summed E-state index contributed by atoms with van der Waals surface area (Å²) in [5.41, 5.74) is 0. The van der Waals surface area contributed by atoms with Gasteiger partial charge in [-0.25, -0.2) is 4.79 Å². The summed E-state index contributed by atoms with van der Waals surface area (Å²) < 4.78 is 0. The molecule has 0 fully saturated rings. The number of aromatic nitrogens is 2. The Morgan fingerprint density at radius 3 is 2.67 bits per heavy atom. The Labute approximate surface area is 109 Å². The number of amides is 2. The third-order valence-electron chi connectivity index (χ3n) is 2.34. The van der Waals surface area contributed by atoms with Crippen molar-refractivity contribution in [2.75, 3.05) is 11.9 Å². The molecule has 7 nitrogen and oxygen atoms in total. The summed E-state index contributed by atoms with van der Waals surface area (Å²) in [4.78, 5) is 22.1. The van der Waals surface area contributed by atoms with Gasteiger partial charge in [-0.15, -0.1) is 10.2 Å². The summed E-state index contributed by atoms with van der Waals surface area (Å²) in [6.45, 7) is 4.01. The fourth-order valence-electron chi connectivity index (χ4n) is 1.33. The van der Waals surface area contributed by atoms with E-state index >= 15 is 0 Å². The lowest BCUT2D eigenvalue weighted by atomic mass is 10.0. The average molecular weight is 272 g/mol. The second-order valence-corrected chi connectivity index (χ2v) is 5.02. The van der Waals surface area contributed by atoms with Crippen LogP contribution in [0.3, 0.4) is 0 Å². The predicted molar refractivity (Wildman–Crippen MR) is 67.7 cm³/mol. The van der Waals surface area contributed by atoms with Crippen molar-refractivity contribution in [1.29, 1.82) is 0 Å². The van der Waals surface area contributed by atoms with Crippen molar-refractivity contribution in [3.63, 3.8) is 0 Å². The van der Waals surface area contributed by atoms with Crippen molar-refractivity contribution in [2.45, 2.75) is 26.7 Å². The number of carboxylic acid groups (broad SMARTS) is 1. The highest BCUT2D eigenvalue weighted by molar-refractivity contribution is 7.15. The van der Waals surface area contributed by atoms with E-state index in [0.717, 1.165) is 5.01 Å². The zero-order chi connectivity index (χ0) is 13.5. The number of rotatable bonds is 6. The largest absolute Gasteiger partial charge is 0.481 e. The molecular weight excluding hydrogens is 256 g/mol. The summed E-state index contributed by atoms with van der Waals surface area (Å²) >= 11 is 1.28. The van der Waals surface area contributed by atoms with E-state index in [1.54, 1.807) is 6.92 Å². The first-order chi connectivity index (χ1) is 8.51. The fraction of sp³-hybridized carbons (Fsp3) is 0.600. The molecule has 0 aliphatic carbocycles. The van der Waals surface area contributed by atoms with Gasteiger partial charge >= 0.3 is 12.0 Å². The molecule has 0 spiro atoms. The van der Waals surface area contributed by atoms with Crippen molar-refractivity contribution in [3.05, 3.63) is 5.01 Å². The molecule has 0 radical (unpaired) electrons. The molecule has 1 atom stereocenters. The van der Waals surface area contributed by atoms with Gasteiger partial charge in [-0.2, -0.15) is 0 Å². The van der Waals surface area contributed by atoms with Crippen LogP contribution in [0.4, 0.5) is 9.93 Å². The van der Waals surface area contributed by atoms with E-state index in [1.165, 1.54) is 11.3 Å². The Hall–Kier alpha value is -1.70. The number of carboxylic acids is 1. The minimum Gasteiger partial charge on any atom is -0.481 e. The number of nitrogens with zero attached hydrogens (tertiary/aromatic N) is 2. The highest BCUT2D eigenvalue weighted by atomic mass is 32.1. The number of nitrogens with one attached hydrogen (secondary N) is 2. The summed E-state index contributed by atoms with van der Waals surface area (Å²) in [6, 6.07) is -0.394. The Bertz CT molecular complexity index is 421. The highest BCUT2D eigenvalue weighted by Crippen LogP contribution is 2.13. The molecule has 1 heterocycles. The molecule has 0 saturated heterocycles. The second-order valence-electron chi connectivity index (χ2n) is 3.83. The molecule has 0 saturated carbocycles. The van der Waals surface area contributed by atoms with Crippen LogP contribution in [-0.2, 0) is 4.79 Å². The van der Waals surface area contributed by atoms with Gasteiger partial charge in [0.05, 0.1) is 0 Å². The van der Waals surface area contributed by atoms with Gasteiger partial charge in [-0.05, 0) is 12.8 Å². The van der Waals surface area contributed by atoms with Crippen LogP contribution in [-0.4, -0.2) is 33.8 Å². The number of aryl methyl sites for hydroxylation is 1. The maximum Gasteiger partial charge on any atom is 0.321 e. The quantitative estimate of drug-likeness (QED) is 0.727. The Balaban J connectivity index is 2.33. The van der Waals surface area contributed by atoms with E-state index in [2.05, 4.69) is 20.8 Å². The minimum atomic E-state index is -0.858. The summed E-state index contributed by atoms with van der Waals surface area (Å²) in [6.07, 6.45) is 0.749. The maximum atomic E-state index is 11.5. The number of hydrogen-bond donors (Lipinski definition) is 3. The van der Waals surface area contributed by atoms with Crippen molar-refractivity contribution in [2.24, 2.45) is 5.92 Å². The molecule has 1 rings (SSSR count). The number of carbonyl (C=O) groups excluding carboxylic acids is 1. The van der Waals surface area contributed by atoms with Crippen LogP contribution in [0.15, 0.2) is 0 Å². The molecule has 100 valence electrons. The van der Waals surface area contributed by atoms with E-state index < -0.39 is 12.0 Å². The smallest absolute Gasteiger partial charge is 0.321 e. The van der Waals surface area contributed by atoms with Crippen LogP contribution in [0.25, 0.3) is 0 Å². The fourth-order valence-corrected chi connectivity index (χ4v) is 1.92. The Kier molecular flexibility index (Phi) is 5.50. The zero-order valence-electron chi connectivity index (χ0n) is 10.3. The van der Waals surface area contributed by atoms with E-state index in [4.69, 9.17) is 5.11 Å². The highest BCUT2D eigenvalue weighted by Gasteiger charge is 2.13. The molecule has 0 aliphatic rings. The molecule has 18 heavy (non-hydrogen) atoms. The third-order valence-corrected chi connectivity index (χ3v) is 3.09. The SMILES string of the molecule is CCC(CNC(=O)Nc1nnc(C)s1)CC(=O)O. The van der Waals surface area contributed by atoms with Crippen LogP contribution < -0.4 is 10.6 Å². The first-order valence-electron chi connectivity index (χ1n) is 5.58. The van der Waals surface area contributed by atoms with Gasteiger partial charge in [-0.3, -0.25) is 10.1 Å². The lowest BCUT2D eigenvalue weighted by molar-refractivity contribution is -0.138. The van der Waals surface area contributed by atoms with Crippen molar-refractivity contribution < 1.29 is 14.7 Å². The lowest BCUT2D eigenvalue weighted by Crippen LogP contribution is -2.33. The standard InChI is InChI=1S/C10H16N4O3S/c1-3-7(4-8(15)16)5-11-9(17)12-10-14-13-6(2)18-10/h7H,3-5H2,1-2H3,(H,15,16)(H2,11,12,14,17). The van der Waals surface area contributed by atoms with Crippen LogP contribution in [0.2, 0.25) is 0 Å². The van der Waals surface area contributed by atoms with Crippen molar-refractivity contribution in [3.8, 4) is 0 Å². The van der Waals surface area contributed by atoms with Gasteiger partial charge in [0.1, 0.15) is 5.01 Å². The topological polar surface area (TPSA) is 104 Å². The summed E-state index contributed by atoms with van der Waals surface area (Å²) in [7, 11) is 0. The maximum absolute atomic E-state index is 11.5. The second kappa shape index (κ2) is 6.90. The minimum absolute atomic E-state index is 0.0503. The average Bonchev–Trinajstić information content (AvgIpc) is 2.69. The number of hydrogen-bond acceptors (Lipinski definition) is 5. The Morgan fingerprint density at radius 1 is 1.44 bits per heavy atom. The van der Waals surface area contributed by atoms with E-state index in [1.807, 2.05) is 6.92 Å². The lowest BCUT2D eigenvalue weighted by Gasteiger charge is -2.13. The molecule has 0 bridgehead atoms. The normalized spacial score (nSPS) is 11.9. The monoisotopic (exact) mass is 272 g/mol. The van der Waals surface area contributed by atoms with Gasteiger partial charge in [-0.1, -0.05) is 24.7 Å². The summed E-state index contributed by atoms with van der Waals surface area (Å²) in [5, 5.41) is 22.6. The van der Waals surface area contributed by atoms with Gasteiger partial charge in [0.2, 0.25) is 5.13 Å². The van der Waals surface area contributed by atoms with Crippen LogP contribution in [0.1, 0.15) is 24.8 Å². The first-order valence-corrected chi connectivity index (χ1v) is 6.39. The number of urea groups is 1. The molecule has 1 unspecified atom stereocenters. The molecular formula is C10H16N4O3S. The van der Waals surface area contributed by atoms with Crippen LogP contribution in [0.5, 0.6) is 0 Å². The van der Waals surface area contributed by atoms with E-state index in [-0.39, 0.29) is 12.3 Å². The van der Waals surface area contributed by atoms with E-state index in [0.29, 0.717) is 18.1 Å². The molecule has 3 N–H and O–H groups in total. The zero-order valence-corrected chi connectivity index (χ0v) is 11.1. The van der Waals surface area contributed by atoms with Gasteiger partial charge in [0, 0.05) is 13.0 Å². The van der Waals surface area contributed by atoms with Gasteiger partial charge < -0.3 is 10.4 Å². The number of carbonyl (C=O) groups is 2. The van der Waals surface area contributed by atoms with Crippen molar-refractivity contribution >= 4 is 28.5 Å². The van der Waals surface area contributed by atoms with Crippen LogP contribution in [0, 0.1) is 12.8 Å². The third kappa shape index (κ3) is 5.09. The Morgan fingerprint density at radius 2 is 2.17 bits per heavy atom. The number of aliphatic carboxylic acids is 1. The molecule has 2 amide bonds. The molecule has 1 aromatic heterocycles. The molecule has 8 heteroatoms. The van der Waals surface area contributed by atoms with Crippen molar-refractivity contribution in [1.82, 2.24) is 15.5 Å². The molecule has 0 aliphatic heterocycles. The molecule has 1 aromatic rings. The predicted octanol–water partition coefficient (Wildman–Crippen LogP) is 1.47. The number of anilines is 1. The first kappa shape index (κ1) is 14.4. The van der Waals surface area contributed by atoms with Crippen LogP contribution >= 0.6 is 11.3 Å².